The summed E-state index contributed by atoms with van der Waals surface area (Å²) in [6.45, 7) is 5.85. The van der Waals surface area contributed by atoms with Crippen molar-refractivity contribution in [2.24, 2.45) is 11.8 Å². The van der Waals surface area contributed by atoms with Crippen LogP contribution in [-0.2, 0) is 4.79 Å². The van der Waals surface area contributed by atoms with E-state index in [1.165, 1.54) is 0 Å². The van der Waals surface area contributed by atoms with Gasteiger partial charge in [-0.2, -0.15) is 5.26 Å². The standard InChI is InChI=1S/C21H26N6O/c1-14-11-27(13-17(14)25-19(28)9-15-5-8-26(2)12-15)18-4-3-16(10-22)20-21(18)24-7-6-23-20/h3-4,6-7,14-15,17H,5,8-9,11-13H2,1-2H3,(H,25,28). The third-order valence-electron chi connectivity index (χ3n) is 5.99. The van der Waals surface area contributed by atoms with Gasteiger partial charge in [-0.15, -0.1) is 0 Å². The number of fused-ring (bicyclic) bond motifs is 1. The highest BCUT2D eigenvalue weighted by Gasteiger charge is 2.33. The average molecular weight is 378 g/mol. The fraction of sp³-hybridized carbons (Fsp3) is 0.524. The number of amides is 1. The van der Waals surface area contributed by atoms with E-state index in [-0.39, 0.29) is 11.9 Å². The van der Waals surface area contributed by atoms with Gasteiger partial charge in [0.15, 0.2) is 0 Å². The van der Waals surface area contributed by atoms with Crippen LogP contribution >= 0.6 is 0 Å². The lowest BCUT2D eigenvalue weighted by atomic mass is 10.0. The number of carbonyl (C=O) groups excluding carboxylic acids is 1. The number of likely N-dealkylation sites (tertiary alicyclic amines) is 1. The maximum Gasteiger partial charge on any atom is 0.220 e. The van der Waals surface area contributed by atoms with Gasteiger partial charge in [-0.25, -0.2) is 0 Å². The van der Waals surface area contributed by atoms with Crippen molar-refractivity contribution in [3.8, 4) is 6.07 Å². The van der Waals surface area contributed by atoms with Crippen LogP contribution in [0.15, 0.2) is 24.5 Å². The molecule has 3 atom stereocenters. The second-order valence-corrected chi connectivity index (χ2v) is 8.17. The Kier molecular flexibility index (Phi) is 5.14. The van der Waals surface area contributed by atoms with Crippen LogP contribution in [0.5, 0.6) is 0 Å². The number of anilines is 1. The fourth-order valence-corrected chi connectivity index (χ4v) is 4.46. The van der Waals surface area contributed by atoms with Gasteiger partial charge in [-0.3, -0.25) is 14.8 Å². The highest BCUT2D eigenvalue weighted by molar-refractivity contribution is 5.92. The van der Waals surface area contributed by atoms with E-state index in [0.717, 1.165) is 43.8 Å². The lowest BCUT2D eigenvalue weighted by Crippen LogP contribution is -2.40. The molecule has 7 nitrogen and oxygen atoms in total. The van der Waals surface area contributed by atoms with Crippen LogP contribution in [-0.4, -0.2) is 60.0 Å². The monoisotopic (exact) mass is 378 g/mol. The number of benzene rings is 1. The predicted octanol–water partition coefficient (Wildman–Crippen LogP) is 1.78. The molecule has 2 aliphatic heterocycles. The maximum absolute atomic E-state index is 12.5. The lowest BCUT2D eigenvalue weighted by molar-refractivity contribution is -0.122. The summed E-state index contributed by atoms with van der Waals surface area (Å²) in [6.07, 6.45) is 4.98. The minimum atomic E-state index is 0.119. The molecular weight excluding hydrogens is 352 g/mol. The molecule has 28 heavy (non-hydrogen) atoms. The molecule has 0 radical (unpaired) electrons. The molecule has 1 N–H and O–H groups in total. The minimum Gasteiger partial charge on any atom is -0.367 e. The number of rotatable bonds is 4. The molecule has 2 saturated heterocycles. The van der Waals surface area contributed by atoms with Crippen LogP contribution in [0.3, 0.4) is 0 Å². The molecule has 146 valence electrons. The molecule has 7 heteroatoms. The highest BCUT2D eigenvalue weighted by atomic mass is 16.1. The summed E-state index contributed by atoms with van der Waals surface area (Å²) in [6, 6.07) is 6.06. The zero-order chi connectivity index (χ0) is 19.7. The lowest BCUT2D eigenvalue weighted by Gasteiger charge is -2.21. The normalized spacial score (nSPS) is 25.2. The Bertz CT molecular complexity index is 923. The van der Waals surface area contributed by atoms with E-state index in [0.29, 0.717) is 29.3 Å². The fourth-order valence-electron chi connectivity index (χ4n) is 4.46. The van der Waals surface area contributed by atoms with Crippen molar-refractivity contribution in [2.45, 2.75) is 25.8 Å². The molecule has 2 aliphatic rings. The van der Waals surface area contributed by atoms with E-state index in [1.54, 1.807) is 18.5 Å². The Morgan fingerprint density at radius 2 is 2.04 bits per heavy atom. The molecule has 2 fully saturated rings. The summed E-state index contributed by atoms with van der Waals surface area (Å²) in [5.74, 6) is 0.969. The summed E-state index contributed by atoms with van der Waals surface area (Å²) in [7, 11) is 2.11. The Morgan fingerprint density at radius 3 is 2.75 bits per heavy atom. The number of hydrogen-bond donors (Lipinski definition) is 1. The van der Waals surface area contributed by atoms with Crippen molar-refractivity contribution in [3.05, 3.63) is 30.1 Å². The molecule has 1 aromatic heterocycles. The zero-order valence-electron chi connectivity index (χ0n) is 16.4. The van der Waals surface area contributed by atoms with Gasteiger partial charge >= 0.3 is 0 Å². The molecule has 0 saturated carbocycles. The van der Waals surface area contributed by atoms with Crippen molar-refractivity contribution in [1.29, 1.82) is 5.26 Å². The van der Waals surface area contributed by atoms with Crippen molar-refractivity contribution in [2.75, 3.05) is 38.1 Å². The summed E-state index contributed by atoms with van der Waals surface area (Å²) < 4.78 is 0. The zero-order valence-corrected chi connectivity index (χ0v) is 16.4. The molecule has 3 unspecified atom stereocenters. The quantitative estimate of drug-likeness (QED) is 0.873. The minimum absolute atomic E-state index is 0.119. The third kappa shape index (κ3) is 3.65. The Morgan fingerprint density at radius 1 is 1.25 bits per heavy atom. The maximum atomic E-state index is 12.5. The van der Waals surface area contributed by atoms with Crippen LogP contribution in [0, 0.1) is 23.2 Å². The summed E-state index contributed by atoms with van der Waals surface area (Å²) >= 11 is 0. The highest BCUT2D eigenvalue weighted by Crippen LogP contribution is 2.30. The first-order valence-corrected chi connectivity index (χ1v) is 9.92. The van der Waals surface area contributed by atoms with Gasteiger partial charge in [0.25, 0.3) is 0 Å². The van der Waals surface area contributed by atoms with E-state index >= 15 is 0 Å². The van der Waals surface area contributed by atoms with Gasteiger partial charge in [0.05, 0.1) is 17.3 Å². The smallest absolute Gasteiger partial charge is 0.220 e. The van der Waals surface area contributed by atoms with Crippen LogP contribution in [0.4, 0.5) is 5.69 Å². The largest absolute Gasteiger partial charge is 0.367 e. The number of aromatic nitrogens is 2. The predicted molar refractivity (Wildman–Crippen MR) is 108 cm³/mol. The van der Waals surface area contributed by atoms with Crippen LogP contribution in [0.1, 0.15) is 25.3 Å². The third-order valence-corrected chi connectivity index (χ3v) is 5.99. The molecule has 0 bridgehead atoms. The number of nitrogens with zero attached hydrogens (tertiary/aromatic N) is 5. The van der Waals surface area contributed by atoms with E-state index < -0.39 is 0 Å². The summed E-state index contributed by atoms with van der Waals surface area (Å²) in [5.41, 5.74) is 2.89. The van der Waals surface area contributed by atoms with Gasteiger partial charge in [-0.05, 0) is 44.0 Å². The van der Waals surface area contributed by atoms with E-state index in [9.17, 15) is 10.1 Å². The number of nitrogens with one attached hydrogen (secondary N) is 1. The molecule has 1 amide bonds. The number of hydrogen-bond acceptors (Lipinski definition) is 6. The van der Waals surface area contributed by atoms with Gasteiger partial charge < -0.3 is 15.1 Å². The molecule has 2 aromatic rings. The van der Waals surface area contributed by atoms with E-state index in [2.05, 4.69) is 45.1 Å². The van der Waals surface area contributed by atoms with Crippen LogP contribution < -0.4 is 10.2 Å². The van der Waals surface area contributed by atoms with E-state index in [1.807, 2.05) is 6.07 Å². The van der Waals surface area contributed by atoms with Crippen molar-refractivity contribution in [1.82, 2.24) is 20.2 Å². The molecular formula is C21H26N6O. The Labute approximate surface area is 165 Å². The second-order valence-electron chi connectivity index (χ2n) is 8.17. The van der Waals surface area contributed by atoms with Gasteiger partial charge in [-0.1, -0.05) is 6.92 Å². The molecule has 1 aromatic carbocycles. The Hall–Kier alpha value is -2.72. The van der Waals surface area contributed by atoms with Gasteiger partial charge in [0.2, 0.25) is 5.91 Å². The van der Waals surface area contributed by atoms with Crippen LogP contribution in [0.25, 0.3) is 11.0 Å². The van der Waals surface area contributed by atoms with E-state index in [4.69, 9.17) is 0 Å². The first kappa shape index (κ1) is 18.6. The first-order chi connectivity index (χ1) is 13.5. The molecule has 0 aliphatic carbocycles. The summed E-state index contributed by atoms with van der Waals surface area (Å²) in [4.78, 5) is 25.9. The number of nitriles is 1. The second kappa shape index (κ2) is 7.72. The first-order valence-electron chi connectivity index (χ1n) is 9.92. The van der Waals surface area contributed by atoms with Crippen molar-refractivity contribution >= 4 is 22.6 Å². The molecule has 4 rings (SSSR count). The van der Waals surface area contributed by atoms with Crippen LogP contribution in [0.2, 0.25) is 0 Å². The van der Waals surface area contributed by atoms with Gasteiger partial charge in [0, 0.05) is 38.4 Å². The topological polar surface area (TPSA) is 85.1 Å². The Balaban J connectivity index is 1.46. The average Bonchev–Trinajstić information content (AvgIpc) is 3.26. The summed E-state index contributed by atoms with van der Waals surface area (Å²) in [5, 5.41) is 12.6. The van der Waals surface area contributed by atoms with Gasteiger partial charge in [0.1, 0.15) is 17.1 Å². The SMILES string of the molecule is CC1CN(c2ccc(C#N)c3nccnc23)CC1NC(=O)CC1CCN(C)C1. The van der Waals surface area contributed by atoms with Crippen molar-refractivity contribution in [3.63, 3.8) is 0 Å². The van der Waals surface area contributed by atoms with Crippen molar-refractivity contribution < 1.29 is 4.79 Å². The molecule has 3 heterocycles. The number of carbonyl (C=O) groups is 1. The molecule has 0 spiro atoms.